The summed E-state index contributed by atoms with van der Waals surface area (Å²) in [5.41, 5.74) is 1.13. The number of anilines is 2. The molecule has 9 heteroatoms. The van der Waals surface area contributed by atoms with E-state index in [4.69, 9.17) is 9.47 Å². The molecule has 0 spiro atoms. The van der Waals surface area contributed by atoms with Crippen LogP contribution in [0.4, 0.5) is 16.6 Å². The van der Waals surface area contributed by atoms with Gasteiger partial charge in [-0.15, -0.1) is 0 Å². The van der Waals surface area contributed by atoms with Gasteiger partial charge in [-0.25, -0.2) is 9.78 Å². The van der Waals surface area contributed by atoms with E-state index < -0.39 is 0 Å². The number of benzene rings is 1. The molecule has 30 heavy (non-hydrogen) atoms. The van der Waals surface area contributed by atoms with Crippen molar-refractivity contribution >= 4 is 17.9 Å². The number of ether oxygens (including phenoxy) is 2. The number of methoxy groups -OCH3 is 1. The summed E-state index contributed by atoms with van der Waals surface area (Å²) >= 11 is 0. The van der Waals surface area contributed by atoms with E-state index in [1.165, 1.54) is 0 Å². The van der Waals surface area contributed by atoms with Crippen LogP contribution in [0.1, 0.15) is 12.0 Å². The highest BCUT2D eigenvalue weighted by Crippen LogP contribution is 2.20. The molecule has 9 nitrogen and oxygen atoms in total. The molecule has 1 aliphatic heterocycles. The normalized spacial score (nSPS) is 15.7. The lowest BCUT2D eigenvalue weighted by Gasteiger charge is -2.20. The summed E-state index contributed by atoms with van der Waals surface area (Å²) in [5.74, 6) is 2.22. The first kappa shape index (κ1) is 21.6. The molecular weight excluding hydrogens is 384 g/mol. The fourth-order valence-corrected chi connectivity index (χ4v) is 3.14. The third-order valence-electron chi connectivity index (χ3n) is 4.98. The second-order valence-electron chi connectivity index (χ2n) is 7.21. The molecule has 0 bridgehead atoms. The topological polar surface area (TPSA) is 91.9 Å². The largest absolute Gasteiger partial charge is 0.497 e. The molecule has 3 rings (SSSR count). The number of likely N-dealkylation sites (N-methyl/N-ethyl adjacent to an activating group) is 2. The fourth-order valence-electron chi connectivity index (χ4n) is 3.14. The van der Waals surface area contributed by atoms with Gasteiger partial charge in [-0.1, -0.05) is 12.1 Å². The zero-order valence-electron chi connectivity index (χ0n) is 17.8. The molecule has 1 atom stereocenters. The van der Waals surface area contributed by atoms with Crippen molar-refractivity contribution in [2.75, 3.05) is 57.6 Å². The minimum atomic E-state index is -0.298. The van der Waals surface area contributed by atoms with Crippen LogP contribution in [-0.4, -0.2) is 74.4 Å². The molecule has 1 saturated heterocycles. The van der Waals surface area contributed by atoms with Crippen LogP contribution in [0.5, 0.6) is 5.75 Å². The molecule has 0 saturated carbocycles. The number of nitrogens with zero attached hydrogens (tertiary/aromatic N) is 4. The molecule has 0 radical (unpaired) electrons. The summed E-state index contributed by atoms with van der Waals surface area (Å²) in [4.78, 5) is 24.8. The number of rotatable bonds is 9. The van der Waals surface area contributed by atoms with Crippen molar-refractivity contribution in [1.82, 2.24) is 20.2 Å². The average Bonchev–Trinajstić information content (AvgIpc) is 3.25. The number of hydrogen-bond acceptors (Lipinski definition) is 8. The van der Waals surface area contributed by atoms with Gasteiger partial charge in [-0.2, -0.15) is 4.98 Å². The second-order valence-corrected chi connectivity index (χ2v) is 7.21. The fraction of sp³-hybridized carbons (Fsp3) is 0.476. The van der Waals surface area contributed by atoms with Crippen LogP contribution in [0.3, 0.4) is 0 Å². The van der Waals surface area contributed by atoms with Crippen LogP contribution in [0.25, 0.3) is 0 Å². The highest BCUT2D eigenvalue weighted by Gasteiger charge is 2.28. The monoisotopic (exact) mass is 414 g/mol. The van der Waals surface area contributed by atoms with Gasteiger partial charge >= 0.3 is 6.09 Å². The Morgan fingerprint density at radius 1 is 1.30 bits per heavy atom. The lowest BCUT2D eigenvalue weighted by atomic mass is 10.2. The molecule has 2 heterocycles. The third kappa shape index (κ3) is 5.96. The van der Waals surface area contributed by atoms with E-state index in [0.717, 1.165) is 36.6 Å². The molecule has 162 valence electrons. The molecule has 1 unspecified atom stereocenters. The highest BCUT2D eigenvalue weighted by molar-refractivity contribution is 5.67. The van der Waals surface area contributed by atoms with Crippen LogP contribution in [0.2, 0.25) is 0 Å². The van der Waals surface area contributed by atoms with Crippen molar-refractivity contribution in [2.24, 2.45) is 0 Å². The van der Waals surface area contributed by atoms with Crippen LogP contribution >= 0.6 is 0 Å². The van der Waals surface area contributed by atoms with E-state index in [1.54, 1.807) is 25.3 Å². The van der Waals surface area contributed by atoms with Crippen molar-refractivity contribution in [1.29, 1.82) is 0 Å². The smallest absolute Gasteiger partial charge is 0.409 e. The Morgan fingerprint density at radius 3 is 2.83 bits per heavy atom. The lowest BCUT2D eigenvalue weighted by Crippen LogP contribution is -2.36. The van der Waals surface area contributed by atoms with Gasteiger partial charge in [0.1, 0.15) is 17.7 Å². The molecule has 1 fully saturated rings. The van der Waals surface area contributed by atoms with Crippen molar-refractivity contribution in [2.45, 2.75) is 19.1 Å². The summed E-state index contributed by atoms with van der Waals surface area (Å²) in [7, 11) is 5.25. The first-order valence-corrected chi connectivity index (χ1v) is 10.1. The Bertz CT molecular complexity index is 817. The summed E-state index contributed by atoms with van der Waals surface area (Å²) in [6, 6.07) is 9.74. The van der Waals surface area contributed by atoms with Crippen LogP contribution < -0.4 is 20.3 Å². The van der Waals surface area contributed by atoms with Gasteiger partial charge in [0.25, 0.3) is 0 Å². The van der Waals surface area contributed by atoms with E-state index in [1.807, 2.05) is 42.3 Å². The van der Waals surface area contributed by atoms with E-state index >= 15 is 0 Å². The molecule has 1 aromatic carbocycles. The van der Waals surface area contributed by atoms with Crippen LogP contribution in [0, 0.1) is 0 Å². The standard InChI is InChI=1S/C21H30N6O3/c1-22-11-13-26(2)21(28)30-18-9-12-27(15-18)20-23-10-8-19(25-20)24-14-16-4-6-17(29-3)7-5-16/h4-8,10,18,22H,9,11-15H2,1-3H3,(H,23,24,25). The number of aromatic nitrogens is 2. The zero-order chi connectivity index (χ0) is 21.3. The first-order valence-electron chi connectivity index (χ1n) is 10.1. The van der Waals surface area contributed by atoms with E-state index in [2.05, 4.69) is 20.6 Å². The molecule has 1 aromatic heterocycles. The summed E-state index contributed by atoms with van der Waals surface area (Å²) in [6.07, 6.45) is 2.05. The number of amides is 1. The lowest BCUT2D eigenvalue weighted by molar-refractivity contribution is 0.0782. The van der Waals surface area contributed by atoms with Crippen molar-refractivity contribution < 1.29 is 14.3 Å². The Morgan fingerprint density at radius 2 is 2.10 bits per heavy atom. The maximum atomic E-state index is 12.2. The van der Waals surface area contributed by atoms with Gasteiger partial charge in [0.15, 0.2) is 0 Å². The van der Waals surface area contributed by atoms with Crippen molar-refractivity contribution in [3.63, 3.8) is 0 Å². The maximum Gasteiger partial charge on any atom is 0.409 e. The highest BCUT2D eigenvalue weighted by atomic mass is 16.6. The van der Waals surface area contributed by atoms with Gasteiger partial charge in [-0.05, 0) is 30.8 Å². The molecule has 2 N–H and O–H groups in total. The molecule has 1 aliphatic rings. The number of carbonyl (C=O) groups is 1. The van der Waals surface area contributed by atoms with Gasteiger partial charge in [0, 0.05) is 45.8 Å². The summed E-state index contributed by atoms with van der Waals surface area (Å²) in [6.45, 7) is 3.33. The van der Waals surface area contributed by atoms with Crippen molar-refractivity contribution in [3.8, 4) is 5.75 Å². The van der Waals surface area contributed by atoms with Crippen LogP contribution in [-0.2, 0) is 11.3 Å². The van der Waals surface area contributed by atoms with E-state index in [-0.39, 0.29) is 12.2 Å². The van der Waals surface area contributed by atoms with Gasteiger partial charge in [-0.3, -0.25) is 0 Å². The zero-order valence-corrected chi connectivity index (χ0v) is 17.8. The van der Waals surface area contributed by atoms with Gasteiger partial charge in [0.05, 0.1) is 13.7 Å². The first-order chi connectivity index (χ1) is 14.6. The predicted octanol–water partition coefficient (Wildman–Crippen LogP) is 1.96. The number of hydrogen-bond donors (Lipinski definition) is 2. The molecule has 0 aliphatic carbocycles. The quantitative estimate of drug-likeness (QED) is 0.644. The Balaban J connectivity index is 1.51. The Labute approximate surface area is 177 Å². The average molecular weight is 415 g/mol. The molecular formula is C21H30N6O3. The molecule has 1 amide bonds. The second kappa shape index (κ2) is 10.6. The van der Waals surface area contributed by atoms with E-state index in [9.17, 15) is 4.79 Å². The third-order valence-corrected chi connectivity index (χ3v) is 4.98. The van der Waals surface area contributed by atoms with E-state index in [0.29, 0.717) is 25.6 Å². The minimum absolute atomic E-state index is 0.158. The van der Waals surface area contributed by atoms with Crippen LogP contribution in [0.15, 0.2) is 36.5 Å². The van der Waals surface area contributed by atoms with Crippen molar-refractivity contribution in [3.05, 3.63) is 42.1 Å². The Kier molecular flexibility index (Phi) is 7.67. The van der Waals surface area contributed by atoms with Gasteiger partial charge < -0.3 is 29.9 Å². The summed E-state index contributed by atoms with van der Waals surface area (Å²) in [5, 5.41) is 6.34. The SMILES string of the molecule is CNCCN(C)C(=O)OC1CCN(c2nccc(NCc3ccc(OC)cc3)n2)C1. The minimum Gasteiger partial charge on any atom is -0.497 e. The predicted molar refractivity (Wildman–Crippen MR) is 116 cm³/mol. The van der Waals surface area contributed by atoms with Gasteiger partial charge in [0.2, 0.25) is 5.95 Å². The maximum absolute atomic E-state index is 12.2. The number of carbonyl (C=O) groups excluding carboxylic acids is 1. The number of nitrogens with one attached hydrogen (secondary N) is 2. The summed E-state index contributed by atoms with van der Waals surface area (Å²) < 4.78 is 10.8. The molecule has 2 aromatic rings. The Hall–Kier alpha value is -3.07.